The van der Waals surface area contributed by atoms with Gasteiger partial charge in [0.05, 0.1) is 49.8 Å². The second-order valence-electron chi connectivity index (χ2n) is 19.0. The SMILES string of the molecule is COC1COC(OC2C(OCC(CCC(C)C3CC(O)C4C3(C)CCC3C5(C)CCC(O)C(O)C5C(OS(=O)(=O)O)CC34O)C(C)C)OC(CO)C2O)C(O)C1O. The van der Waals surface area contributed by atoms with Crippen molar-refractivity contribution in [2.75, 3.05) is 26.9 Å². The first-order valence-electron chi connectivity index (χ1n) is 20.8. The van der Waals surface area contributed by atoms with E-state index in [4.69, 9.17) is 27.9 Å². The number of rotatable bonds is 14. The Kier molecular flexibility index (Phi) is 13.9. The summed E-state index contributed by atoms with van der Waals surface area (Å²) in [7, 11) is -3.60. The first kappa shape index (κ1) is 45.9. The molecule has 0 aromatic rings. The minimum Gasteiger partial charge on any atom is -0.394 e. The van der Waals surface area contributed by atoms with Crippen molar-refractivity contribution in [3.05, 3.63) is 0 Å². The van der Waals surface area contributed by atoms with Crippen molar-refractivity contribution in [1.29, 1.82) is 0 Å². The van der Waals surface area contributed by atoms with Crippen LogP contribution in [0, 0.1) is 52.3 Å². The third-order valence-electron chi connectivity index (χ3n) is 15.6. The average Bonchev–Trinajstić information content (AvgIpc) is 3.58. The van der Waals surface area contributed by atoms with Crippen LogP contribution in [0.4, 0.5) is 0 Å². The lowest BCUT2D eigenvalue weighted by Gasteiger charge is -2.66. The van der Waals surface area contributed by atoms with Crippen LogP contribution in [0.2, 0.25) is 0 Å². The van der Waals surface area contributed by atoms with Gasteiger partial charge >= 0.3 is 10.4 Å². The highest BCUT2D eigenvalue weighted by molar-refractivity contribution is 7.80. The molecule has 6 aliphatic rings. The van der Waals surface area contributed by atoms with Gasteiger partial charge in [-0.15, -0.1) is 0 Å². The monoisotopic (exact) mass is 840 g/mol. The summed E-state index contributed by atoms with van der Waals surface area (Å²) in [5.74, 6) is -1.66. The minimum absolute atomic E-state index is 0.00664. The van der Waals surface area contributed by atoms with Gasteiger partial charge < -0.3 is 64.5 Å². The number of aliphatic hydroxyl groups excluding tert-OH is 7. The molecule has 0 spiro atoms. The lowest BCUT2D eigenvalue weighted by molar-refractivity contribution is -0.306. The smallest absolute Gasteiger partial charge is 0.394 e. The van der Waals surface area contributed by atoms with Crippen molar-refractivity contribution in [1.82, 2.24) is 0 Å². The van der Waals surface area contributed by atoms with Crippen molar-refractivity contribution >= 4 is 10.4 Å². The van der Waals surface area contributed by atoms with Gasteiger partial charge in [0, 0.05) is 25.4 Å². The molecule has 0 aromatic carbocycles. The normalized spacial score (nSPS) is 50.0. The first-order valence-corrected chi connectivity index (χ1v) is 22.1. The fourth-order valence-corrected chi connectivity index (χ4v) is 13.1. The Morgan fingerprint density at radius 2 is 1.54 bits per heavy atom. The van der Waals surface area contributed by atoms with Gasteiger partial charge in [-0.25, -0.2) is 4.18 Å². The fraction of sp³-hybridized carbons (Fsp3) is 1.00. The zero-order valence-corrected chi connectivity index (χ0v) is 34.8. The molecule has 332 valence electrons. The third-order valence-corrected chi connectivity index (χ3v) is 16.1. The van der Waals surface area contributed by atoms with E-state index < -0.39 is 125 Å². The summed E-state index contributed by atoms with van der Waals surface area (Å²) in [6, 6.07) is 0. The highest BCUT2D eigenvalue weighted by Crippen LogP contribution is 2.70. The van der Waals surface area contributed by atoms with Gasteiger partial charge in [0.1, 0.15) is 36.6 Å². The van der Waals surface area contributed by atoms with Crippen LogP contribution in [0.3, 0.4) is 0 Å². The quantitative estimate of drug-likeness (QED) is 0.105. The van der Waals surface area contributed by atoms with Crippen molar-refractivity contribution in [3.8, 4) is 0 Å². The topological polar surface area (TPSA) is 272 Å². The van der Waals surface area contributed by atoms with Gasteiger partial charge in [-0.1, -0.05) is 41.0 Å². The Hall–Kier alpha value is -0.650. The molecular formula is C39H68O17S. The van der Waals surface area contributed by atoms with Crippen molar-refractivity contribution in [3.63, 3.8) is 0 Å². The molecule has 0 radical (unpaired) electrons. The van der Waals surface area contributed by atoms with Gasteiger partial charge in [0.15, 0.2) is 12.6 Å². The molecule has 57 heavy (non-hydrogen) atoms. The first-order chi connectivity index (χ1) is 26.6. The van der Waals surface area contributed by atoms with Gasteiger partial charge in [-0.05, 0) is 78.9 Å². The zero-order chi connectivity index (χ0) is 42.0. The maximum absolute atomic E-state index is 12.8. The van der Waals surface area contributed by atoms with E-state index in [-0.39, 0.29) is 49.7 Å². The van der Waals surface area contributed by atoms with E-state index >= 15 is 0 Å². The average molecular weight is 841 g/mol. The molecule has 0 bridgehead atoms. The summed E-state index contributed by atoms with van der Waals surface area (Å²) in [6.07, 6.45) is -10.4. The summed E-state index contributed by atoms with van der Waals surface area (Å²) in [5.41, 5.74) is -2.95. The molecule has 6 rings (SSSR count). The van der Waals surface area contributed by atoms with Crippen molar-refractivity contribution in [2.24, 2.45) is 52.3 Å². The van der Waals surface area contributed by atoms with Crippen LogP contribution in [0.25, 0.3) is 0 Å². The number of hydrogen-bond donors (Lipinski definition) is 9. The van der Waals surface area contributed by atoms with Crippen LogP contribution in [-0.4, -0.2) is 160 Å². The number of methoxy groups -OCH3 is 1. The summed E-state index contributed by atoms with van der Waals surface area (Å²) in [4.78, 5) is 0. The van der Waals surface area contributed by atoms with Gasteiger partial charge in [-0.3, -0.25) is 4.55 Å². The van der Waals surface area contributed by atoms with E-state index in [0.717, 1.165) is 12.8 Å². The van der Waals surface area contributed by atoms with Crippen LogP contribution >= 0.6 is 0 Å². The van der Waals surface area contributed by atoms with E-state index in [1.807, 2.05) is 6.92 Å². The predicted molar refractivity (Wildman–Crippen MR) is 199 cm³/mol. The predicted octanol–water partition coefficient (Wildman–Crippen LogP) is 0.122. The van der Waals surface area contributed by atoms with E-state index in [1.165, 1.54) is 7.11 Å². The van der Waals surface area contributed by atoms with E-state index in [0.29, 0.717) is 25.7 Å². The molecule has 9 N–H and O–H groups in total. The van der Waals surface area contributed by atoms with Gasteiger partial charge in [-0.2, -0.15) is 8.42 Å². The molecule has 0 aromatic heterocycles. The molecule has 2 aliphatic heterocycles. The van der Waals surface area contributed by atoms with E-state index in [2.05, 4.69) is 27.7 Å². The standard InChI is InChI=1S/C39H68O17S/c1-18(2)20(16-52-36-33(31(45)25(15-40)54-36)55-35-32(46)30(44)26(51-6)17-53-35)8-7-19(3)21-13-23(42)34-37(21,4)12-10-27-38(5)11-9-22(41)29(43)28(38)24(14-39(27,34)47)56-57(48,49)50/h18-36,40-47H,7-17H2,1-6H3,(H,48,49,50). The van der Waals surface area contributed by atoms with E-state index in [1.54, 1.807) is 0 Å². The number of ether oxygens (including phenoxy) is 5. The summed E-state index contributed by atoms with van der Waals surface area (Å²) in [5, 5.41) is 88.3. The van der Waals surface area contributed by atoms with Crippen LogP contribution in [0.5, 0.6) is 0 Å². The van der Waals surface area contributed by atoms with Crippen LogP contribution in [0.15, 0.2) is 0 Å². The summed E-state index contributed by atoms with van der Waals surface area (Å²) < 4.78 is 67.9. The molecule has 21 atom stereocenters. The molecule has 17 nitrogen and oxygen atoms in total. The molecular weight excluding hydrogens is 772 g/mol. The molecule has 4 saturated carbocycles. The number of hydrogen-bond acceptors (Lipinski definition) is 16. The van der Waals surface area contributed by atoms with E-state index in [9.17, 15) is 53.8 Å². The largest absolute Gasteiger partial charge is 0.397 e. The van der Waals surface area contributed by atoms with Gasteiger partial charge in [0.2, 0.25) is 0 Å². The molecule has 2 heterocycles. The molecule has 18 heteroatoms. The van der Waals surface area contributed by atoms with Crippen LogP contribution in [-0.2, 0) is 38.3 Å². The Labute approximate surface area is 335 Å². The molecule has 21 unspecified atom stereocenters. The minimum atomic E-state index is -4.98. The van der Waals surface area contributed by atoms with Crippen molar-refractivity contribution in [2.45, 2.75) is 165 Å². The highest BCUT2D eigenvalue weighted by Gasteiger charge is 2.72. The van der Waals surface area contributed by atoms with Gasteiger partial charge in [0.25, 0.3) is 0 Å². The Bertz CT molecular complexity index is 1470. The maximum Gasteiger partial charge on any atom is 0.397 e. The Balaban J connectivity index is 1.13. The Morgan fingerprint density at radius 1 is 0.860 bits per heavy atom. The number of aliphatic hydroxyl groups is 8. The second kappa shape index (κ2) is 17.3. The fourth-order valence-electron chi connectivity index (χ4n) is 12.6. The maximum atomic E-state index is 12.8. The van der Waals surface area contributed by atoms with Crippen LogP contribution < -0.4 is 0 Å². The molecule has 4 aliphatic carbocycles. The lowest BCUT2D eigenvalue weighted by atomic mass is 9.41. The third kappa shape index (κ3) is 8.47. The summed E-state index contributed by atoms with van der Waals surface area (Å²) in [6.45, 7) is 9.94. The second-order valence-corrected chi connectivity index (χ2v) is 20.1. The molecule has 6 fully saturated rings. The van der Waals surface area contributed by atoms with Crippen molar-refractivity contribution < 1.29 is 81.7 Å². The zero-order valence-electron chi connectivity index (χ0n) is 33.9. The Morgan fingerprint density at radius 3 is 2.18 bits per heavy atom. The molecule has 0 amide bonds. The van der Waals surface area contributed by atoms with Crippen LogP contribution in [0.1, 0.15) is 86.0 Å². The highest BCUT2D eigenvalue weighted by atomic mass is 32.3. The molecule has 2 saturated heterocycles. The number of fused-ring (bicyclic) bond motifs is 5. The lowest BCUT2D eigenvalue weighted by Crippen LogP contribution is -2.71. The summed E-state index contributed by atoms with van der Waals surface area (Å²) >= 11 is 0.